The molecule has 1 nitrogen and oxygen atoms in total. The monoisotopic (exact) mass is 276 g/mol. The highest BCUT2D eigenvalue weighted by Gasteiger charge is 2.46. The summed E-state index contributed by atoms with van der Waals surface area (Å²) in [5.74, 6) is 0.949. The van der Waals surface area contributed by atoms with Gasteiger partial charge in [0.2, 0.25) is 0 Å². The zero-order valence-corrected chi connectivity index (χ0v) is 12.4. The fourth-order valence-corrected chi connectivity index (χ4v) is 4.61. The third-order valence-electron chi connectivity index (χ3n) is 5.78. The quantitative estimate of drug-likeness (QED) is 0.665. The second-order valence-electron chi connectivity index (χ2n) is 6.70. The van der Waals surface area contributed by atoms with E-state index in [1.807, 2.05) is 6.07 Å². The van der Waals surface area contributed by atoms with Crippen LogP contribution in [0.1, 0.15) is 43.2 Å². The minimum atomic E-state index is 0.249. The van der Waals surface area contributed by atoms with Gasteiger partial charge in [-0.2, -0.15) is 0 Å². The van der Waals surface area contributed by atoms with E-state index in [1.165, 1.54) is 34.9 Å². The van der Waals surface area contributed by atoms with E-state index in [9.17, 15) is 5.11 Å². The lowest BCUT2D eigenvalue weighted by molar-refractivity contribution is 0.307. The summed E-state index contributed by atoms with van der Waals surface area (Å²) in [5.41, 5.74) is 7.88. The second kappa shape index (κ2) is 4.26. The Hall–Kier alpha value is -1.98. The summed E-state index contributed by atoms with van der Waals surface area (Å²) < 4.78 is 0. The molecule has 1 unspecified atom stereocenters. The van der Waals surface area contributed by atoms with Crippen LogP contribution in [0.25, 0.3) is 10.8 Å². The molecule has 1 heteroatoms. The zero-order chi connectivity index (χ0) is 14.6. The molecule has 0 radical (unpaired) electrons. The van der Waals surface area contributed by atoms with Gasteiger partial charge in [0.25, 0.3) is 0 Å². The van der Waals surface area contributed by atoms with Gasteiger partial charge in [0, 0.05) is 5.41 Å². The van der Waals surface area contributed by atoms with Crippen LogP contribution < -0.4 is 0 Å². The van der Waals surface area contributed by atoms with Crippen molar-refractivity contribution in [3.05, 3.63) is 59.3 Å². The van der Waals surface area contributed by atoms with Crippen molar-refractivity contribution in [2.24, 2.45) is 5.41 Å². The van der Waals surface area contributed by atoms with Crippen LogP contribution in [0.3, 0.4) is 0 Å². The Kier molecular flexibility index (Phi) is 2.58. The summed E-state index contributed by atoms with van der Waals surface area (Å²) >= 11 is 0. The average Bonchev–Trinajstić information content (AvgIpc) is 2.83. The highest BCUT2D eigenvalue weighted by Crippen LogP contribution is 2.58. The van der Waals surface area contributed by atoms with E-state index < -0.39 is 0 Å². The maximum absolute atomic E-state index is 9.67. The summed E-state index contributed by atoms with van der Waals surface area (Å²) in [5, 5.41) is 12.1. The fraction of sp³-hybridized carbons (Fsp3) is 0.350. The normalized spacial score (nSPS) is 27.3. The SMILES string of the molecule is C=C=C1CCC2c3ccc4cc(O)ccc4c3CC[C@]12C. The van der Waals surface area contributed by atoms with Crippen molar-refractivity contribution < 1.29 is 5.11 Å². The fourth-order valence-electron chi connectivity index (χ4n) is 4.61. The lowest BCUT2D eigenvalue weighted by Crippen LogP contribution is -2.27. The number of hydrogen-bond acceptors (Lipinski definition) is 1. The number of rotatable bonds is 0. The van der Waals surface area contributed by atoms with E-state index in [4.69, 9.17) is 0 Å². The average molecular weight is 276 g/mol. The molecule has 0 aliphatic heterocycles. The molecule has 2 aromatic carbocycles. The number of aryl methyl sites for hydroxylation is 1. The summed E-state index contributed by atoms with van der Waals surface area (Å²) in [7, 11) is 0. The van der Waals surface area contributed by atoms with Crippen LogP contribution >= 0.6 is 0 Å². The number of fused-ring (bicyclic) bond motifs is 5. The number of benzene rings is 2. The molecule has 1 N–H and O–H groups in total. The number of aromatic hydroxyl groups is 1. The standard InChI is InChI=1S/C20H20O/c1-3-14-5-9-19-18-7-4-13-12-15(21)6-8-16(13)17(18)10-11-20(14,19)2/h4,6-8,12,19,21H,1,5,9-11H2,2H3/t19?,20-/m1/s1. The van der Waals surface area contributed by atoms with Crippen LogP contribution in [-0.4, -0.2) is 5.11 Å². The molecule has 2 aliphatic rings. The van der Waals surface area contributed by atoms with Crippen molar-refractivity contribution >= 4 is 10.8 Å². The van der Waals surface area contributed by atoms with Gasteiger partial charge in [0.15, 0.2) is 0 Å². The van der Waals surface area contributed by atoms with E-state index in [0.29, 0.717) is 11.7 Å². The van der Waals surface area contributed by atoms with E-state index in [2.05, 4.69) is 37.4 Å². The Labute approximate surface area is 125 Å². The maximum atomic E-state index is 9.67. The van der Waals surface area contributed by atoms with Crippen LogP contribution in [0.2, 0.25) is 0 Å². The smallest absolute Gasteiger partial charge is 0.116 e. The molecule has 2 aromatic rings. The van der Waals surface area contributed by atoms with Crippen molar-refractivity contribution in [3.8, 4) is 5.75 Å². The molecule has 0 aromatic heterocycles. The first-order valence-corrected chi connectivity index (χ1v) is 7.77. The summed E-state index contributed by atoms with van der Waals surface area (Å²) in [6.07, 6.45) is 4.64. The van der Waals surface area contributed by atoms with E-state index >= 15 is 0 Å². The van der Waals surface area contributed by atoms with Gasteiger partial charge in [0.05, 0.1) is 0 Å². The molecule has 4 rings (SSSR count). The van der Waals surface area contributed by atoms with Gasteiger partial charge in [0.1, 0.15) is 5.75 Å². The third-order valence-corrected chi connectivity index (χ3v) is 5.78. The largest absolute Gasteiger partial charge is 0.508 e. The zero-order valence-electron chi connectivity index (χ0n) is 12.4. The van der Waals surface area contributed by atoms with Crippen LogP contribution in [0.5, 0.6) is 5.75 Å². The van der Waals surface area contributed by atoms with Crippen LogP contribution in [0, 0.1) is 5.41 Å². The van der Waals surface area contributed by atoms with E-state index in [-0.39, 0.29) is 5.41 Å². The van der Waals surface area contributed by atoms with Crippen molar-refractivity contribution in [1.29, 1.82) is 0 Å². The number of allylic oxidation sites excluding steroid dienone is 1. The predicted octanol–water partition coefficient (Wildman–Crippen LogP) is 5.09. The number of phenols is 1. The Balaban J connectivity index is 1.94. The number of phenolic OH excluding ortho intramolecular Hbond substituents is 1. The minimum Gasteiger partial charge on any atom is -0.508 e. The van der Waals surface area contributed by atoms with Crippen LogP contribution in [-0.2, 0) is 6.42 Å². The second-order valence-corrected chi connectivity index (χ2v) is 6.70. The highest BCUT2D eigenvalue weighted by atomic mass is 16.3. The molecule has 1 saturated carbocycles. The Morgan fingerprint density at radius 2 is 2.10 bits per heavy atom. The molecule has 21 heavy (non-hydrogen) atoms. The molecule has 0 amide bonds. The van der Waals surface area contributed by atoms with Gasteiger partial charge >= 0.3 is 0 Å². The summed E-state index contributed by atoms with van der Waals surface area (Å²) in [4.78, 5) is 0. The third kappa shape index (κ3) is 1.65. The first-order valence-electron chi connectivity index (χ1n) is 7.77. The van der Waals surface area contributed by atoms with E-state index in [0.717, 1.165) is 18.2 Å². The molecule has 2 aliphatic carbocycles. The first kappa shape index (κ1) is 12.7. The van der Waals surface area contributed by atoms with Crippen molar-refractivity contribution in [2.45, 2.75) is 38.5 Å². The molecule has 0 heterocycles. The molecular formula is C20H20O. The Morgan fingerprint density at radius 1 is 1.24 bits per heavy atom. The van der Waals surface area contributed by atoms with Gasteiger partial charge in [-0.15, -0.1) is 5.73 Å². The van der Waals surface area contributed by atoms with Crippen molar-refractivity contribution in [1.82, 2.24) is 0 Å². The molecular weight excluding hydrogens is 256 g/mol. The van der Waals surface area contributed by atoms with Gasteiger partial charge in [-0.1, -0.05) is 31.7 Å². The summed E-state index contributed by atoms with van der Waals surface area (Å²) in [6.45, 7) is 6.30. The highest BCUT2D eigenvalue weighted by molar-refractivity contribution is 5.88. The Morgan fingerprint density at radius 3 is 2.90 bits per heavy atom. The summed E-state index contributed by atoms with van der Waals surface area (Å²) in [6, 6.07) is 10.2. The Bertz CT molecular complexity index is 795. The topological polar surface area (TPSA) is 20.2 Å². The molecule has 0 bridgehead atoms. The molecule has 0 saturated heterocycles. The maximum Gasteiger partial charge on any atom is 0.116 e. The molecule has 0 spiro atoms. The first-order chi connectivity index (χ1) is 10.1. The van der Waals surface area contributed by atoms with Gasteiger partial charge in [-0.3, -0.25) is 0 Å². The molecule has 2 atom stereocenters. The van der Waals surface area contributed by atoms with Crippen LogP contribution in [0.4, 0.5) is 0 Å². The molecule has 1 fully saturated rings. The predicted molar refractivity (Wildman–Crippen MR) is 86.7 cm³/mol. The van der Waals surface area contributed by atoms with Gasteiger partial charge in [-0.25, -0.2) is 0 Å². The lowest BCUT2D eigenvalue weighted by atomic mass is 9.65. The van der Waals surface area contributed by atoms with Gasteiger partial charge < -0.3 is 5.11 Å². The van der Waals surface area contributed by atoms with Crippen molar-refractivity contribution in [2.75, 3.05) is 0 Å². The lowest BCUT2D eigenvalue weighted by Gasteiger charge is -2.39. The van der Waals surface area contributed by atoms with Gasteiger partial charge in [-0.05, 0) is 71.2 Å². The minimum absolute atomic E-state index is 0.249. The van der Waals surface area contributed by atoms with Crippen molar-refractivity contribution in [3.63, 3.8) is 0 Å². The van der Waals surface area contributed by atoms with E-state index in [1.54, 1.807) is 6.07 Å². The molecule has 106 valence electrons. The number of hydrogen-bond donors (Lipinski definition) is 1. The van der Waals surface area contributed by atoms with Crippen LogP contribution in [0.15, 0.2) is 48.2 Å².